The molecule has 0 bridgehead atoms. The first-order valence-corrected chi connectivity index (χ1v) is 7.90. The summed E-state index contributed by atoms with van der Waals surface area (Å²) in [6.45, 7) is 3.98. The fourth-order valence-electron chi connectivity index (χ4n) is 1.79. The van der Waals surface area contributed by atoms with Crippen LogP contribution in [0.2, 0.25) is 0 Å². The van der Waals surface area contributed by atoms with E-state index >= 15 is 0 Å². The molecule has 0 N–H and O–H groups in total. The normalized spacial score (nSPS) is 11.0. The first kappa shape index (κ1) is 16.1. The molecule has 112 valence electrons. The molecule has 0 fully saturated rings. The minimum atomic E-state index is -0.299. The van der Waals surface area contributed by atoms with Gasteiger partial charge in [0.15, 0.2) is 0 Å². The van der Waals surface area contributed by atoms with Gasteiger partial charge in [-0.05, 0) is 29.5 Å². The molecule has 0 heterocycles. The van der Waals surface area contributed by atoms with E-state index in [2.05, 4.69) is 6.58 Å². The van der Waals surface area contributed by atoms with Crippen LogP contribution in [0.5, 0.6) is 0 Å². The van der Waals surface area contributed by atoms with E-state index in [1.807, 2.05) is 66.1 Å². The summed E-state index contributed by atoms with van der Waals surface area (Å²) < 4.78 is 5.36. The van der Waals surface area contributed by atoms with Crippen molar-refractivity contribution in [1.82, 2.24) is 0 Å². The van der Waals surface area contributed by atoms with Crippen LogP contribution in [0.3, 0.4) is 0 Å². The first-order chi connectivity index (χ1) is 10.8. The summed E-state index contributed by atoms with van der Waals surface area (Å²) in [5, 5.41) is 1.84. The molecular formula is C19H18O2S. The molecule has 0 atom stereocenters. The molecule has 0 saturated heterocycles. The van der Waals surface area contributed by atoms with Gasteiger partial charge in [-0.15, -0.1) is 6.58 Å². The van der Waals surface area contributed by atoms with E-state index in [-0.39, 0.29) is 12.6 Å². The Balaban J connectivity index is 1.97. The molecule has 0 aliphatic heterocycles. The highest BCUT2D eigenvalue weighted by Crippen LogP contribution is 2.22. The number of carbonyl (C=O) groups excluding carboxylic acids is 1. The maximum Gasteiger partial charge on any atom is 0.335 e. The van der Waals surface area contributed by atoms with Crippen molar-refractivity contribution in [3.63, 3.8) is 0 Å². The van der Waals surface area contributed by atoms with Gasteiger partial charge in [0.05, 0.1) is 0 Å². The van der Waals surface area contributed by atoms with Crippen LogP contribution in [0.15, 0.2) is 89.2 Å². The van der Waals surface area contributed by atoms with E-state index in [9.17, 15) is 4.79 Å². The minimum absolute atomic E-state index is 0.282. The lowest BCUT2D eigenvalue weighted by Crippen LogP contribution is -2.07. The smallest absolute Gasteiger partial charge is 0.335 e. The highest BCUT2D eigenvalue weighted by molar-refractivity contribution is 8.02. The topological polar surface area (TPSA) is 26.3 Å². The third-order valence-electron chi connectivity index (χ3n) is 2.92. The SMILES string of the molecule is C=CC/C(=C/Sc1ccccc1)C(=O)OCc1ccccc1. The summed E-state index contributed by atoms with van der Waals surface area (Å²) in [4.78, 5) is 13.3. The van der Waals surface area contributed by atoms with Crippen LogP contribution < -0.4 is 0 Å². The van der Waals surface area contributed by atoms with E-state index in [0.717, 1.165) is 10.5 Å². The van der Waals surface area contributed by atoms with Crippen LogP contribution in [0, 0.1) is 0 Å². The van der Waals surface area contributed by atoms with E-state index in [0.29, 0.717) is 12.0 Å². The zero-order valence-electron chi connectivity index (χ0n) is 12.3. The molecule has 0 unspecified atom stereocenters. The van der Waals surface area contributed by atoms with Crippen molar-refractivity contribution in [2.75, 3.05) is 0 Å². The highest BCUT2D eigenvalue weighted by Gasteiger charge is 2.10. The average molecular weight is 310 g/mol. The molecule has 2 nitrogen and oxygen atoms in total. The van der Waals surface area contributed by atoms with Crippen LogP contribution in [0.1, 0.15) is 12.0 Å². The summed E-state index contributed by atoms with van der Waals surface area (Å²) in [6, 6.07) is 19.6. The Kier molecular flexibility index (Phi) is 6.52. The van der Waals surface area contributed by atoms with Crippen molar-refractivity contribution in [2.45, 2.75) is 17.9 Å². The standard InChI is InChI=1S/C19H18O2S/c1-2-9-17(15-22-18-12-7-4-8-13-18)19(20)21-14-16-10-5-3-6-11-16/h2-8,10-13,15H,1,9,14H2/b17-15-. The molecule has 3 heteroatoms. The maximum atomic E-state index is 12.2. The third-order valence-corrected chi connectivity index (χ3v) is 3.87. The van der Waals surface area contributed by atoms with Crippen LogP contribution in [-0.2, 0) is 16.1 Å². The number of rotatable bonds is 7. The predicted molar refractivity (Wildman–Crippen MR) is 91.4 cm³/mol. The molecule has 0 amide bonds. The fourth-order valence-corrected chi connectivity index (χ4v) is 2.57. The van der Waals surface area contributed by atoms with Gasteiger partial charge in [-0.2, -0.15) is 0 Å². The first-order valence-electron chi connectivity index (χ1n) is 7.02. The fraction of sp³-hybridized carbons (Fsp3) is 0.105. The van der Waals surface area contributed by atoms with Crippen molar-refractivity contribution in [2.24, 2.45) is 0 Å². The Morgan fingerprint density at radius 2 is 1.68 bits per heavy atom. The van der Waals surface area contributed by atoms with E-state index in [1.54, 1.807) is 6.08 Å². The second kappa shape index (κ2) is 8.90. The number of allylic oxidation sites excluding steroid dienone is 1. The lowest BCUT2D eigenvalue weighted by molar-refractivity contribution is -0.140. The van der Waals surface area contributed by atoms with Crippen molar-refractivity contribution in [1.29, 1.82) is 0 Å². The van der Waals surface area contributed by atoms with Gasteiger partial charge in [0.25, 0.3) is 0 Å². The summed E-state index contributed by atoms with van der Waals surface area (Å²) in [5.74, 6) is -0.299. The Morgan fingerprint density at radius 1 is 1.05 bits per heavy atom. The van der Waals surface area contributed by atoms with Gasteiger partial charge in [-0.1, -0.05) is 66.4 Å². The zero-order chi connectivity index (χ0) is 15.6. The van der Waals surface area contributed by atoms with E-state index in [1.165, 1.54) is 11.8 Å². The summed E-state index contributed by atoms with van der Waals surface area (Å²) in [7, 11) is 0. The van der Waals surface area contributed by atoms with Crippen LogP contribution in [0.4, 0.5) is 0 Å². The van der Waals surface area contributed by atoms with Crippen LogP contribution >= 0.6 is 11.8 Å². The number of carbonyl (C=O) groups is 1. The summed E-state index contributed by atoms with van der Waals surface area (Å²) in [6.07, 6.45) is 2.20. The van der Waals surface area contributed by atoms with Crippen LogP contribution in [-0.4, -0.2) is 5.97 Å². The van der Waals surface area contributed by atoms with Gasteiger partial charge in [0.2, 0.25) is 0 Å². The largest absolute Gasteiger partial charge is 0.457 e. The van der Waals surface area contributed by atoms with E-state index < -0.39 is 0 Å². The Labute approximate surface area is 135 Å². The van der Waals surface area contributed by atoms with Gasteiger partial charge in [0.1, 0.15) is 6.61 Å². The molecule has 0 spiro atoms. The van der Waals surface area contributed by atoms with Crippen molar-refractivity contribution >= 4 is 17.7 Å². The second-order valence-corrected chi connectivity index (χ2v) is 5.57. The van der Waals surface area contributed by atoms with Gasteiger partial charge in [0, 0.05) is 10.5 Å². The number of thioether (sulfide) groups is 1. The predicted octanol–water partition coefficient (Wildman–Crippen LogP) is 4.98. The highest BCUT2D eigenvalue weighted by atomic mass is 32.2. The van der Waals surface area contributed by atoms with Crippen molar-refractivity contribution in [3.05, 3.63) is 89.9 Å². The van der Waals surface area contributed by atoms with Gasteiger partial charge < -0.3 is 4.74 Å². The van der Waals surface area contributed by atoms with Crippen LogP contribution in [0.25, 0.3) is 0 Å². The quantitative estimate of drug-likeness (QED) is 0.312. The Bertz CT molecular complexity index is 633. The van der Waals surface area contributed by atoms with Gasteiger partial charge >= 0.3 is 5.97 Å². The number of benzene rings is 2. The molecule has 0 saturated carbocycles. The lowest BCUT2D eigenvalue weighted by Gasteiger charge is -2.07. The third kappa shape index (κ3) is 5.26. The maximum absolute atomic E-state index is 12.2. The number of ether oxygens (including phenoxy) is 1. The molecule has 2 rings (SSSR count). The molecule has 22 heavy (non-hydrogen) atoms. The Hall–Kier alpha value is -2.26. The molecule has 2 aromatic rings. The molecular weight excluding hydrogens is 292 g/mol. The molecule has 0 aliphatic rings. The number of esters is 1. The van der Waals surface area contributed by atoms with Gasteiger partial charge in [-0.25, -0.2) is 4.79 Å². The lowest BCUT2D eigenvalue weighted by atomic mass is 10.2. The Morgan fingerprint density at radius 3 is 2.32 bits per heavy atom. The molecule has 0 aromatic heterocycles. The number of hydrogen-bond acceptors (Lipinski definition) is 3. The van der Waals surface area contributed by atoms with Gasteiger partial charge in [-0.3, -0.25) is 0 Å². The number of hydrogen-bond donors (Lipinski definition) is 0. The minimum Gasteiger partial charge on any atom is -0.457 e. The monoisotopic (exact) mass is 310 g/mol. The summed E-state index contributed by atoms with van der Waals surface area (Å²) in [5.41, 5.74) is 1.59. The molecule has 0 aliphatic carbocycles. The zero-order valence-corrected chi connectivity index (χ0v) is 13.1. The van der Waals surface area contributed by atoms with Crippen molar-refractivity contribution in [3.8, 4) is 0 Å². The molecule has 0 radical (unpaired) electrons. The second-order valence-electron chi connectivity index (χ2n) is 4.63. The average Bonchev–Trinajstić information content (AvgIpc) is 2.58. The van der Waals surface area contributed by atoms with Crippen molar-refractivity contribution < 1.29 is 9.53 Å². The molecule has 2 aromatic carbocycles. The van der Waals surface area contributed by atoms with E-state index in [4.69, 9.17) is 4.74 Å². The summed E-state index contributed by atoms with van der Waals surface area (Å²) >= 11 is 1.51.